The van der Waals surface area contributed by atoms with Crippen molar-refractivity contribution in [2.45, 2.75) is 39.0 Å². The fourth-order valence-electron chi connectivity index (χ4n) is 4.00. The predicted octanol–water partition coefficient (Wildman–Crippen LogP) is 3.91. The molecule has 11 heteroatoms. The summed E-state index contributed by atoms with van der Waals surface area (Å²) in [6.07, 6.45) is 1.98. The van der Waals surface area contributed by atoms with Crippen LogP contribution in [-0.4, -0.2) is 68.8 Å². The van der Waals surface area contributed by atoms with E-state index in [1.807, 2.05) is 0 Å². The number of aromatic amines is 1. The van der Waals surface area contributed by atoms with Gasteiger partial charge in [-0.2, -0.15) is 4.98 Å². The minimum atomic E-state index is -0.532. The smallest absolute Gasteiger partial charge is 0.202 e. The zero-order valence-corrected chi connectivity index (χ0v) is 19.4. The van der Waals surface area contributed by atoms with Gasteiger partial charge in [-0.25, -0.2) is 9.37 Å². The molecular weight excluding hydrogens is 449 g/mol. The monoisotopic (exact) mass is 475 g/mol. The second-order valence-corrected chi connectivity index (χ2v) is 8.69. The number of halogens is 2. The number of amidine groups is 1. The fraction of sp³-hybridized carbons (Fsp3) is 0.409. The maximum atomic E-state index is 13.5. The number of fused-ring (bicyclic) bond motifs is 1. The first-order valence-electron chi connectivity index (χ1n) is 10.8. The molecule has 4 rings (SSSR count). The van der Waals surface area contributed by atoms with E-state index in [1.54, 1.807) is 12.3 Å². The molecule has 1 fully saturated rings. The number of imidazole rings is 1. The number of H-pyrrole nitrogens is 1. The topological polar surface area (TPSA) is 111 Å². The van der Waals surface area contributed by atoms with E-state index in [-0.39, 0.29) is 29.1 Å². The Morgan fingerprint density at radius 2 is 2.12 bits per heavy atom. The quantitative estimate of drug-likeness (QED) is 0.185. The number of aromatic nitrogens is 3. The number of hydrogen-bond acceptors (Lipinski definition) is 7. The van der Waals surface area contributed by atoms with Gasteiger partial charge in [0.05, 0.1) is 22.7 Å². The lowest BCUT2D eigenvalue weighted by Crippen LogP contribution is -2.51. The Morgan fingerprint density at radius 1 is 1.36 bits per heavy atom. The van der Waals surface area contributed by atoms with Gasteiger partial charge in [0.1, 0.15) is 5.82 Å². The molecule has 1 aromatic carbocycles. The molecule has 0 radical (unpaired) electrons. The highest BCUT2D eigenvalue weighted by atomic mass is 35.5. The van der Waals surface area contributed by atoms with E-state index < -0.39 is 5.82 Å². The standard InChI is InChI=1S/C22H27ClFN7O2/c1-12(31-10-13(2)33-14(3)11-31)9-26-22-28-19-16(6-7-25-21(19)29-22)20(30-32)27-15-4-5-18(24)17(23)8-15/h4-8,12-14,32H,9-11H2,1-3H3,(H,27,30)(H2,25,26,28,29). The van der Waals surface area contributed by atoms with Crippen LogP contribution < -0.4 is 10.6 Å². The average molecular weight is 476 g/mol. The first-order valence-corrected chi connectivity index (χ1v) is 11.1. The number of ether oxygens (including phenoxy) is 1. The van der Waals surface area contributed by atoms with Crippen LogP contribution in [-0.2, 0) is 4.74 Å². The summed E-state index contributed by atoms with van der Waals surface area (Å²) >= 11 is 5.85. The molecule has 3 aromatic rings. The van der Waals surface area contributed by atoms with Gasteiger partial charge in [-0.1, -0.05) is 16.8 Å². The van der Waals surface area contributed by atoms with Crippen molar-refractivity contribution in [1.82, 2.24) is 19.9 Å². The van der Waals surface area contributed by atoms with Crippen molar-refractivity contribution in [3.05, 3.63) is 46.9 Å². The summed E-state index contributed by atoms with van der Waals surface area (Å²) in [4.78, 5) is 14.4. The lowest BCUT2D eigenvalue weighted by molar-refractivity contribution is -0.0769. The molecule has 33 heavy (non-hydrogen) atoms. The van der Waals surface area contributed by atoms with Gasteiger partial charge in [0, 0.05) is 43.1 Å². The van der Waals surface area contributed by atoms with Crippen molar-refractivity contribution in [3.8, 4) is 0 Å². The Labute approximate surface area is 196 Å². The zero-order valence-electron chi connectivity index (χ0n) is 18.6. The third kappa shape index (κ3) is 5.35. The number of oxime groups is 1. The second kappa shape index (κ2) is 9.90. The number of benzene rings is 1. The maximum Gasteiger partial charge on any atom is 0.202 e. The van der Waals surface area contributed by atoms with Crippen LogP contribution in [0.5, 0.6) is 0 Å². The lowest BCUT2D eigenvalue weighted by atomic mass is 10.2. The molecular formula is C22H27ClFN7O2. The predicted molar refractivity (Wildman–Crippen MR) is 127 cm³/mol. The molecule has 3 unspecified atom stereocenters. The van der Waals surface area contributed by atoms with Gasteiger partial charge in [-0.05, 0) is 45.0 Å². The normalized spacial score (nSPS) is 20.7. The van der Waals surface area contributed by atoms with Gasteiger partial charge in [-0.3, -0.25) is 4.90 Å². The van der Waals surface area contributed by atoms with Gasteiger partial charge in [0.25, 0.3) is 0 Å². The average Bonchev–Trinajstić information content (AvgIpc) is 3.21. The summed E-state index contributed by atoms with van der Waals surface area (Å²) in [6.45, 7) is 8.79. The highest BCUT2D eigenvalue weighted by molar-refractivity contribution is 6.31. The first kappa shape index (κ1) is 23.2. The van der Waals surface area contributed by atoms with E-state index >= 15 is 0 Å². The van der Waals surface area contributed by atoms with E-state index in [4.69, 9.17) is 16.3 Å². The van der Waals surface area contributed by atoms with Crippen LogP contribution in [0.3, 0.4) is 0 Å². The molecule has 2 aromatic heterocycles. The van der Waals surface area contributed by atoms with Crippen LogP contribution in [0.4, 0.5) is 16.0 Å². The lowest BCUT2D eigenvalue weighted by Gasteiger charge is -2.38. The van der Waals surface area contributed by atoms with Crippen LogP contribution in [0.1, 0.15) is 26.3 Å². The molecule has 1 aliphatic rings. The summed E-state index contributed by atoms with van der Waals surface area (Å²) in [7, 11) is 0. The molecule has 0 aliphatic carbocycles. The number of hydrogen-bond donors (Lipinski definition) is 4. The van der Waals surface area contributed by atoms with E-state index in [9.17, 15) is 9.60 Å². The highest BCUT2D eigenvalue weighted by Crippen LogP contribution is 2.22. The van der Waals surface area contributed by atoms with Crippen LogP contribution >= 0.6 is 11.6 Å². The molecule has 3 heterocycles. The van der Waals surface area contributed by atoms with Crippen LogP contribution in [0.15, 0.2) is 35.6 Å². The first-order chi connectivity index (χ1) is 15.8. The Kier molecular flexibility index (Phi) is 6.96. The van der Waals surface area contributed by atoms with Crippen molar-refractivity contribution in [2.24, 2.45) is 5.16 Å². The Bertz CT molecular complexity index is 1140. The third-order valence-electron chi connectivity index (χ3n) is 5.57. The largest absolute Gasteiger partial charge is 0.409 e. The summed E-state index contributed by atoms with van der Waals surface area (Å²) in [5.74, 6) is 0.175. The van der Waals surface area contributed by atoms with Crippen LogP contribution in [0, 0.1) is 5.82 Å². The van der Waals surface area contributed by atoms with Gasteiger partial charge in [0.2, 0.25) is 5.95 Å². The fourth-order valence-corrected chi connectivity index (χ4v) is 4.18. The van der Waals surface area contributed by atoms with Crippen LogP contribution in [0.25, 0.3) is 11.2 Å². The minimum Gasteiger partial charge on any atom is -0.409 e. The van der Waals surface area contributed by atoms with Gasteiger partial charge in [0.15, 0.2) is 11.5 Å². The van der Waals surface area contributed by atoms with Gasteiger partial charge < -0.3 is 25.6 Å². The Balaban J connectivity index is 1.49. The van der Waals surface area contributed by atoms with Gasteiger partial charge >= 0.3 is 0 Å². The Morgan fingerprint density at radius 3 is 2.82 bits per heavy atom. The summed E-state index contributed by atoms with van der Waals surface area (Å²) in [6, 6.07) is 6.11. The van der Waals surface area contributed by atoms with E-state index in [0.717, 1.165) is 13.1 Å². The molecule has 0 saturated carbocycles. The van der Waals surface area contributed by atoms with Crippen molar-refractivity contribution < 1.29 is 14.3 Å². The number of nitrogens with zero attached hydrogens (tertiary/aromatic N) is 4. The van der Waals surface area contributed by atoms with Crippen molar-refractivity contribution in [1.29, 1.82) is 0 Å². The van der Waals surface area contributed by atoms with Crippen LogP contribution in [0.2, 0.25) is 5.02 Å². The molecule has 176 valence electrons. The number of rotatable bonds is 6. The summed E-state index contributed by atoms with van der Waals surface area (Å²) < 4.78 is 19.3. The number of anilines is 2. The van der Waals surface area contributed by atoms with Crippen molar-refractivity contribution >= 4 is 40.2 Å². The molecule has 0 amide bonds. The molecule has 3 atom stereocenters. The Hall–Kier alpha value is -2.95. The van der Waals surface area contributed by atoms with Gasteiger partial charge in [-0.15, -0.1) is 0 Å². The zero-order chi connectivity index (χ0) is 23.5. The summed E-state index contributed by atoms with van der Waals surface area (Å²) in [5.41, 5.74) is 2.08. The van der Waals surface area contributed by atoms with Crippen molar-refractivity contribution in [3.63, 3.8) is 0 Å². The minimum absolute atomic E-state index is 0.0385. The molecule has 0 spiro atoms. The van der Waals surface area contributed by atoms with E-state index in [1.165, 1.54) is 18.2 Å². The molecule has 1 aliphatic heterocycles. The summed E-state index contributed by atoms with van der Waals surface area (Å²) in [5, 5.41) is 19.2. The number of morpholine rings is 1. The number of nitrogens with one attached hydrogen (secondary N) is 3. The SMILES string of the molecule is CC1CN(C(C)CNc2nc3nccc(/C(=N/O)Nc4ccc(F)c(Cl)c4)c3[nH]2)CC(C)O1. The van der Waals surface area contributed by atoms with E-state index in [2.05, 4.69) is 56.4 Å². The molecule has 4 N–H and O–H groups in total. The second-order valence-electron chi connectivity index (χ2n) is 8.29. The molecule has 0 bridgehead atoms. The van der Waals surface area contributed by atoms with Crippen molar-refractivity contribution in [2.75, 3.05) is 30.3 Å². The third-order valence-corrected chi connectivity index (χ3v) is 5.86. The maximum absolute atomic E-state index is 13.5. The molecule has 1 saturated heterocycles. The number of pyridine rings is 1. The van der Waals surface area contributed by atoms with E-state index in [0.29, 0.717) is 34.9 Å². The molecule has 9 nitrogen and oxygen atoms in total. The highest BCUT2D eigenvalue weighted by Gasteiger charge is 2.25.